The molecule has 4 aromatic carbocycles. The zero-order valence-electron chi connectivity index (χ0n) is 18.7. The van der Waals surface area contributed by atoms with Crippen molar-refractivity contribution in [3.63, 3.8) is 0 Å². The number of carboxylic acids is 1. The van der Waals surface area contributed by atoms with Crippen molar-refractivity contribution in [2.75, 3.05) is 6.61 Å². The van der Waals surface area contributed by atoms with E-state index in [9.17, 15) is 9.90 Å². The third-order valence-corrected chi connectivity index (χ3v) is 6.55. The van der Waals surface area contributed by atoms with Gasteiger partial charge in [0.25, 0.3) is 0 Å². The largest absolute Gasteiger partial charge is 0.492 e. The molecule has 4 heteroatoms. The zero-order chi connectivity index (χ0) is 22.9. The summed E-state index contributed by atoms with van der Waals surface area (Å²) in [7, 11) is 0. The van der Waals surface area contributed by atoms with E-state index in [1.165, 1.54) is 27.5 Å². The SMILES string of the molecule is Cc1ccc2ccccc2c1-c1cccc(COc2ccc3c(c2)OCC3C(C)C(=O)O)c1. The highest BCUT2D eigenvalue weighted by Gasteiger charge is 2.33. The first-order chi connectivity index (χ1) is 16.0. The molecule has 0 aliphatic carbocycles. The van der Waals surface area contributed by atoms with Gasteiger partial charge in [0.05, 0.1) is 12.5 Å². The lowest BCUT2D eigenvalue weighted by Gasteiger charge is -2.14. The molecule has 33 heavy (non-hydrogen) atoms. The van der Waals surface area contributed by atoms with Crippen LogP contribution in [0.4, 0.5) is 0 Å². The number of hydrogen-bond donors (Lipinski definition) is 1. The maximum atomic E-state index is 11.4. The van der Waals surface area contributed by atoms with Gasteiger partial charge in [-0.25, -0.2) is 0 Å². The first-order valence-electron chi connectivity index (χ1n) is 11.2. The molecule has 5 rings (SSSR count). The minimum atomic E-state index is -0.807. The van der Waals surface area contributed by atoms with Crippen LogP contribution in [0.5, 0.6) is 11.5 Å². The number of benzene rings is 4. The summed E-state index contributed by atoms with van der Waals surface area (Å²) in [6.07, 6.45) is 0. The second-order valence-corrected chi connectivity index (χ2v) is 8.71. The minimum Gasteiger partial charge on any atom is -0.492 e. The third kappa shape index (κ3) is 4.05. The molecular formula is C29H26O4. The van der Waals surface area contributed by atoms with E-state index in [4.69, 9.17) is 9.47 Å². The highest BCUT2D eigenvalue weighted by Crippen LogP contribution is 2.40. The number of carboxylic acid groups (broad SMARTS) is 1. The summed E-state index contributed by atoms with van der Waals surface area (Å²) in [4.78, 5) is 11.4. The molecular weight excluding hydrogens is 412 g/mol. The Kier molecular flexibility index (Phi) is 5.51. The molecule has 0 fully saturated rings. The van der Waals surface area contributed by atoms with Crippen LogP contribution >= 0.6 is 0 Å². The Balaban J connectivity index is 1.36. The summed E-state index contributed by atoms with van der Waals surface area (Å²) < 4.78 is 11.8. The number of carbonyl (C=O) groups is 1. The standard InChI is InChI=1S/C29H26O4/c1-18-10-11-21-7-3-4-9-24(21)28(18)22-8-5-6-20(14-22)16-32-23-12-13-25-26(19(2)29(30)31)17-33-27(25)15-23/h3-15,19,26H,16-17H2,1-2H3,(H,30,31). The molecule has 166 valence electrons. The van der Waals surface area contributed by atoms with E-state index in [1.54, 1.807) is 6.92 Å². The second-order valence-electron chi connectivity index (χ2n) is 8.71. The van der Waals surface area contributed by atoms with Gasteiger partial charge in [-0.05, 0) is 52.1 Å². The second kappa shape index (κ2) is 8.62. The Hall–Kier alpha value is -3.79. The molecule has 0 spiro atoms. The molecule has 1 N–H and O–H groups in total. The van der Waals surface area contributed by atoms with E-state index in [0.29, 0.717) is 24.7 Å². The molecule has 0 saturated carbocycles. The fourth-order valence-electron chi connectivity index (χ4n) is 4.64. The van der Waals surface area contributed by atoms with Crippen molar-refractivity contribution in [1.29, 1.82) is 0 Å². The van der Waals surface area contributed by atoms with Gasteiger partial charge in [-0.3, -0.25) is 4.79 Å². The lowest BCUT2D eigenvalue weighted by molar-refractivity contribution is -0.142. The molecule has 0 bridgehead atoms. The smallest absolute Gasteiger partial charge is 0.306 e. The third-order valence-electron chi connectivity index (χ3n) is 6.55. The topological polar surface area (TPSA) is 55.8 Å². The number of rotatable bonds is 6. The first kappa shape index (κ1) is 21.1. The van der Waals surface area contributed by atoms with Crippen molar-refractivity contribution in [3.05, 3.63) is 95.6 Å². The Bertz CT molecular complexity index is 1340. The highest BCUT2D eigenvalue weighted by molar-refractivity contribution is 5.98. The Morgan fingerprint density at radius 1 is 1.06 bits per heavy atom. The van der Waals surface area contributed by atoms with Gasteiger partial charge in [0, 0.05) is 17.5 Å². The predicted molar refractivity (Wildman–Crippen MR) is 130 cm³/mol. The van der Waals surface area contributed by atoms with Crippen molar-refractivity contribution >= 4 is 16.7 Å². The van der Waals surface area contributed by atoms with E-state index < -0.39 is 11.9 Å². The number of ether oxygens (including phenoxy) is 2. The van der Waals surface area contributed by atoms with Gasteiger partial charge < -0.3 is 14.6 Å². The molecule has 1 aliphatic rings. The Labute approximate surface area is 193 Å². The van der Waals surface area contributed by atoms with Gasteiger partial charge in [-0.15, -0.1) is 0 Å². The molecule has 4 aromatic rings. The molecule has 0 saturated heterocycles. The maximum absolute atomic E-state index is 11.4. The van der Waals surface area contributed by atoms with Gasteiger partial charge in [0.2, 0.25) is 0 Å². The monoisotopic (exact) mass is 438 g/mol. The van der Waals surface area contributed by atoms with Crippen LogP contribution in [-0.4, -0.2) is 17.7 Å². The Morgan fingerprint density at radius 3 is 2.76 bits per heavy atom. The fourth-order valence-corrected chi connectivity index (χ4v) is 4.64. The van der Waals surface area contributed by atoms with Crippen LogP contribution in [-0.2, 0) is 11.4 Å². The number of aryl methyl sites for hydroxylation is 1. The van der Waals surface area contributed by atoms with Gasteiger partial charge in [-0.2, -0.15) is 0 Å². The highest BCUT2D eigenvalue weighted by atomic mass is 16.5. The first-order valence-corrected chi connectivity index (χ1v) is 11.2. The summed E-state index contributed by atoms with van der Waals surface area (Å²) >= 11 is 0. The summed E-state index contributed by atoms with van der Waals surface area (Å²) in [6, 6.07) is 26.9. The molecule has 0 amide bonds. The minimum absolute atomic E-state index is 0.132. The van der Waals surface area contributed by atoms with Crippen molar-refractivity contribution in [2.45, 2.75) is 26.4 Å². The zero-order valence-corrected chi connectivity index (χ0v) is 18.7. The quantitative estimate of drug-likeness (QED) is 0.369. The van der Waals surface area contributed by atoms with Gasteiger partial charge in [-0.1, -0.05) is 67.6 Å². The lowest BCUT2D eigenvalue weighted by atomic mass is 9.89. The van der Waals surface area contributed by atoms with Crippen molar-refractivity contribution in [3.8, 4) is 22.6 Å². The molecule has 0 radical (unpaired) electrons. The van der Waals surface area contributed by atoms with Crippen LogP contribution in [0, 0.1) is 12.8 Å². The number of fused-ring (bicyclic) bond motifs is 2. The molecule has 0 aromatic heterocycles. The Morgan fingerprint density at radius 2 is 1.91 bits per heavy atom. The van der Waals surface area contributed by atoms with E-state index >= 15 is 0 Å². The van der Waals surface area contributed by atoms with Crippen LogP contribution in [0.1, 0.15) is 29.5 Å². The van der Waals surface area contributed by atoms with Crippen LogP contribution < -0.4 is 9.47 Å². The molecule has 1 aliphatic heterocycles. The predicted octanol–water partition coefficient (Wildman–Crippen LogP) is 6.59. The van der Waals surface area contributed by atoms with Gasteiger partial charge in [0.1, 0.15) is 18.1 Å². The van der Waals surface area contributed by atoms with Gasteiger partial charge in [0.15, 0.2) is 0 Å². The summed E-state index contributed by atoms with van der Waals surface area (Å²) in [5.74, 6) is -0.00149. The molecule has 4 nitrogen and oxygen atoms in total. The van der Waals surface area contributed by atoms with E-state index in [1.807, 2.05) is 18.2 Å². The van der Waals surface area contributed by atoms with E-state index in [2.05, 4.69) is 67.6 Å². The molecule has 1 heterocycles. The maximum Gasteiger partial charge on any atom is 0.306 e. The molecule has 2 atom stereocenters. The fraction of sp³-hybridized carbons (Fsp3) is 0.207. The van der Waals surface area contributed by atoms with Crippen LogP contribution in [0.3, 0.4) is 0 Å². The van der Waals surface area contributed by atoms with E-state index in [-0.39, 0.29) is 5.92 Å². The summed E-state index contributed by atoms with van der Waals surface area (Å²) in [5.41, 5.74) is 5.68. The number of hydrogen-bond acceptors (Lipinski definition) is 3. The average molecular weight is 439 g/mol. The van der Waals surface area contributed by atoms with E-state index in [0.717, 1.165) is 11.1 Å². The van der Waals surface area contributed by atoms with Crippen LogP contribution in [0.15, 0.2) is 78.9 Å². The summed E-state index contributed by atoms with van der Waals surface area (Å²) in [6.45, 7) is 4.69. The van der Waals surface area contributed by atoms with Crippen molar-refractivity contribution in [2.24, 2.45) is 5.92 Å². The normalized spacial score (nSPS) is 15.6. The summed E-state index contributed by atoms with van der Waals surface area (Å²) in [5, 5.41) is 11.8. The van der Waals surface area contributed by atoms with Crippen molar-refractivity contribution in [1.82, 2.24) is 0 Å². The number of aliphatic carboxylic acids is 1. The van der Waals surface area contributed by atoms with Crippen LogP contribution in [0.2, 0.25) is 0 Å². The van der Waals surface area contributed by atoms with Gasteiger partial charge >= 0.3 is 5.97 Å². The lowest BCUT2D eigenvalue weighted by Crippen LogP contribution is -2.19. The van der Waals surface area contributed by atoms with Crippen molar-refractivity contribution < 1.29 is 19.4 Å². The van der Waals surface area contributed by atoms with Crippen LogP contribution in [0.25, 0.3) is 21.9 Å². The average Bonchev–Trinajstić information content (AvgIpc) is 3.25. The molecule has 2 unspecified atom stereocenters.